The van der Waals surface area contributed by atoms with Gasteiger partial charge in [0, 0.05) is 31.3 Å². The largest absolute Gasteiger partial charge is 0.385 e. The highest BCUT2D eigenvalue weighted by atomic mass is 35.5. The van der Waals surface area contributed by atoms with Crippen molar-refractivity contribution >= 4 is 34.3 Å². The zero-order chi connectivity index (χ0) is 15.1. The first-order valence-electron chi connectivity index (χ1n) is 6.56. The molecule has 0 unspecified atom stereocenters. The minimum absolute atomic E-state index is 0.289. The van der Waals surface area contributed by atoms with Crippen molar-refractivity contribution in [2.45, 2.75) is 13.0 Å². The van der Waals surface area contributed by atoms with Crippen LogP contribution in [0.25, 0.3) is 0 Å². The van der Waals surface area contributed by atoms with E-state index < -0.39 is 0 Å². The summed E-state index contributed by atoms with van der Waals surface area (Å²) >= 11 is 7.16. The Bertz CT molecular complexity index is 579. The van der Waals surface area contributed by atoms with E-state index in [0.717, 1.165) is 23.5 Å². The molecular formula is C14H17ClFN3OS. The summed E-state index contributed by atoms with van der Waals surface area (Å²) in [5, 5.41) is 6.30. The second-order valence-corrected chi connectivity index (χ2v) is 6.07. The molecule has 0 saturated heterocycles. The van der Waals surface area contributed by atoms with Crippen molar-refractivity contribution in [1.82, 2.24) is 4.98 Å². The standard InChI is InChI=1S/C14H17ClFN3OS/c1-20-7-3-6-17-12-5-2-4-11(16)13(12)18-8-10-9-19-14(15)21-10/h2,4-5,9,17-18H,3,6-8H2,1H3. The van der Waals surface area contributed by atoms with Crippen LogP contribution >= 0.6 is 22.9 Å². The lowest BCUT2D eigenvalue weighted by Gasteiger charge is -2.14. The van der Waals surface area contributed by atoms with Gasteiger partial charge < -0.3 is 15.4 Å². The van der Waals surface area contributed by atoms with Crippen LogP contribution in [0.15, 0.2) is 24.4 Å². The van der Waals surface area contributed by atoms with Gasteiger partial charge in [-0.15, -0.1) is 11.3 Å². The van der Waals surface area contributed by atoms with E-state index in [1.165, 1.54) is 17.4 Å². The van der Waals surface area contributed by atoms with E-state index in [0.29, 0.717) is 23.3 Å². The number of nitrogens with zero attached hydrogens (tertiary/aromatic N) is 1. The number of ether oxygens (including phenoxy) is 1. The first-order chi connectivity index (χ1) is 10.2. The minimum atomic E-state index is -0.289. The average Bonchev–Trinajstić information content (AvgIpc) is 2.88. The van der Waals surface area contributed by atoms with Gasteiger partial charge in [0.15, 0.2) is 4.47 Å². The third-order valence-electron chi connectivity index (χ3n) is 2.82. The lowest BCUT2D eigenvalue weighted by atomic mass is 10.2. The van der Waals surface area contributed by atoms with E-state index in [2.05, 4.69) is 15.6 Å². The van der Waals surface area contributed by atoms with Crippen LogP contribution in [0.5, 0.6) is 0 Å². The number of benzene rings is 1. The first-order valence-corrected chi connectivity index (χ1v) is 7.75. The maximum Gasteiger partial charge on any atom is 0.183 e. The molecule has 7 heteroatoms. The summed E-state index contributed by atoms with van der Waals surface area (Å²) in [6, 6.07) is 4.96. The topological polar surface area (TPSA) is 46.2 Å². The van der Waals surface area contributed by atoms with Crippen LogP contribution in [-0.4, -0.2) is 25.2 Å². The van der Waals surface area contributed by atoms with Crippen molar-refractivity contribution in [3.05, 3.63) is 39.6 Å². The van der Waals surface area contributed by atoms with Crippen LogP contribution in [0.2, 0.25) is 4.47 Å². The Labute approximate surface area is 132 Å². The van der Waals surface area contributed by atoms with Gasteiger partial charge in [-0.05, 0) is 18.6 Å². The molecule has 0 radical (unpaired) electrons. The van der Waals surface area contributed by atoms with E-state index in [9.17, 15) is 4.39 Å². The Hall–Kier alpha value is -1.37. The van der Waals surface area contributed by atoms with Gasteiger partial charge in [-0.25, -0.2) is 9.37 Å². The molecule has 21 heavy (non-hydrogen) atoms. The second kappa shape index (κ2) is 8.17. The number of halogens is 2. The molecule has 0 aliphatic carbocycles. The minimum Gasteiger partial charge on any atom is -0.385 e. The Balaban J connectivity index is 1.99. The maximum atomic E-state index is 14.0. The molecule has 0 fully saturated rings. The Morgan fingerprint density at radius 1 is 1.38 bits per heavy atom. The SMILES string of the molecule is COCCCNc1cccc(F)c1NCc1cnc(Cl)s1. The molecule has 0 aliphatic heterocycles. The molecule has 0 saturated carbocycles. The number of para-hydroxylation sites is 1. The third kappa shape index (κ3) is 4.84. The quantitative estimate of drug-likeness (QED) is 0.719. The molecule has 1 heterocycles. The van der Waals surface area contributed by atoms with Crippen molar-refractivity contribution < 1.29 is 9.13 Å². The number of thiazole rings is 1. The van der Waals surface area contributed by atoms with Gasteiger partial charge in [-0.2, -0.15) is 0 Å². The Morgan fingerprint density at radius 2 is 2.24 bits per heavy atom. The van der Waals surface area contributed by atoms with E-state index in [1.54, 1.807) is 19.4 Å². The molecule has 2 N–H and O–H groups in total. The molecule has 2 aromatic rings. The molecule has 0 spiro atoms. The Kier molecular flexibility index (Phi) is 6.22. The lowest BCUT2D eigenvalue weighted by Crippen LogP contribution is -2.09. The number of aromatic nitrogens is 1. The molecule has 0 atom stereocenters. The molecule has 114 valence electrons. The van der Waals surface area contributed by atoms with E-state index >= 15 is 0 Å². The van der Waals surface area contributed by atoms with Crippen LogP contribution in [0, 0.1) is 5.82 Å². The lowest BCUT2D eigenvalue weighted by molar-refractivity contribution is 0.198. The highest BCUT2D eigenvalue weighted by Crippen LogP contribution is 2.26. The van der Waals surface area contributed by atoms with Crippen LogP contribution < -0.4 is 10.6 Å². The van der Waals surface area contributed by atoms with Gasteiger partial charge in [0.2, 0.25) is 0 Å². The molecule has 1 aromatic carbocycles. The normalized spacial score (nSPS) is 10.6. The zero-order valence-corrected chi connectivity index (χ0v) is 13.2. The highest BCUT2D eigenvalue weighted by Gasteiger charge is 2.08. The van der Waals surface area contributed by atoms with Gasteiger partial charge in [0.1, 0.15) is 5.82 Å². The zero-order valence-electron chi connectivity index (χ0n) is 11.7. The van der Waals surface area contributed by atoms with Gasteiger partial charge in [0.05, 0.1) is 17.9 Å². The fourth-order valence-corrected chi connectivity index (χ4v) is 2.75. The molecule has 2 rings (SSSR count). The molecule has 0 amide bonds. The van der Waals surface area contributed by atoms with Gasteiger partial charge in [-0.3, -0.25) is 0 Å². The number of rotatable bonds is 8. The summed E-state index contributed by atoms with van der Waals surface area (Å²) in [5.74, 6) is -0.289. The van der Waals surface area contributed by atoms with Crippen molar-refractivity contribution in [2.75, 3.05) is 30.9 Å². The molecule has 4 nitrogen and oxygen atoms in total. The Morgan fingerprint density at radius 3 is 2.95 bits per heavy atom. The summed E-state index contributed by atoms with van der Waals surface area (Å²) in [5.41, 5.74) is 1.20. The van der Waals surface area contributed by atoms with E-state index in [4.69, 9.17) is 16.3 Å². The molecule has 0 bridgehead atoms. The molecule has 0 aliphatic rings. The fourth-order valence-electron chi connectivity index (χ4n) is 1.83. The summed E-state index contributed by atoms with van der Waals surface area (Å²) < 4.78 is 19.4. The average molecular weight is 330 g/mol. The highest BCUT2D eigenvalue weighted by molar-refractivity contribution is 7.15. The third-order valence-corrected chi connectivity index (χ3v) is 3.93. The fraction of sp³-hybridized carbons (Fsp3) is 0.357. The van der Waals surface area contributed by atoms with E-state index in [1.807, 2.05) is 6.07 Å². The van der Waals surface area contributed by atoms with Crippen LogP contribution in [0.3, 0.4) is 0 Å². The van der Waals surface area contributed by atoms with Gasteiger partial charge in [-0.1, -0.05) is 17.7 Å². The van der Waals surface area contributed by atoms with E-state index in [-0.39, 0.29) is 5.82 Å². The monoisotopic (exact) mass is 329 g/mol. The van der Waals surface area contributed by atoms with Crippen molar-refractivity contribution in [3.8, 4) is 0 Å². The van der Waals surface area contributed by atoms with Crippen LogP contribution in [-0.2, 0) is 11.3 Å². The molecular weight excluding hydrogens is 313 g/mol. The van der Waals surface area contributed by atoms with Crippen LogP contribution in [0.1, 0.15) is 11.3 Å². The van der Waals surface area contributed by atoms with Crippen molar-refractivity contribution in [2.24, 2.45) is 0 Å². The number of nitrogens with one attached hydrogen (secondary N) is 2. The number of methoxy groups -OCH3 is 1. The van der Waals surface area contributed by atoms with Gasteiger partial charge >= 0.3 is 0 Å². The van der Waals surface area contributed by atoms with Gasteiger partial charge in [0.25, 0.3) is 0 Å². The van der Waals surface area contributed by atoms with Crippen LogP contribution in [0.4, 0.5) is 15.8 Å². The second-order valence-electron chi connectivity index (χ2n) is 4.37. The predicted octanol–water partition coefficient (Wildman–Crippen LogP) is 4.00. The number of anilines is 2. The maximum absolute atomic E-state index is 14.0. The first kappa shape index (κ1) is 16.0. The number of hydrogen-bond donors (Lipinski definition) is 2. The summed E-state index contributed by atoms with van der Waals surface area (Å²) in [6.45, 7) is 1.88. The molecule has 1 aromatic heterocycles. The van der Waals surface area contributed by atoms with Crippen molar-refractivity contribution in [1.29, 1.82) is 0 Å². The van der Waals surface area contributed by atoms with Crippen molar-refractivity contribution in [3.63, 3.8) is 0 Å². The number of hydrogen-bond acceptors (Lipinski definition) is 5. The summed E-state index contributed by atoms with van der Waals surface area (Å²) in [4.78, 5) is 4.92. The smallest absolute Gasteiger partial charge is 0.183 e. The summed E-state index contributed by atoms with van der Waals surface area (Å²) in [6.07, 6.45) is 2.55. The summed E-state index contributed by atoms with van der Waals surface area (Å²) in [7, 11) is 1.66. The predicted molar refractivity (Wildman–Crippen MR) is 85.8 cm³/mol.